The predicted octanol–water partition coefficient (Wildman–Crippen LogP) is 3.07. The summed E-state index contributed by atoms with van der Waals surface area (Å²) >= 11 is 0. The summed E-state index contributed by atoms with van der Waals surface area (Å²) in [6.07, 6.45) is 2.11. The van der Waals surface area contributed by atoms with Gasteiger partial charge >= 0.3 is 0 Å². The average molecular weight is 252 g/mol. The Morgan fingerprint density at radius 3 is 2.00 bits per heavy atom. The zero-order chi connectivity index (χ0) is 13.1. The molecule has 0 unspecified atom stereocenters. The molecule has 0 fully saturated rings. The van der Waals surface area contributed by atoms with Gasteiger partial charge in [-0.2, -0.15) is 0 Å². The Bertz CT molecular complexity index is 295. The van der Waals surface area contributed by atoms with Crippen molar-refractivity contribution in [3.8, 4) is 5.75 Å². The molecule has 3 heteroatoms. The second-order valence-electron chi connectivity index (χ2n) is 4.07. The summed E-state index contributed by atoms with van der Waals surface area (Å²) in [6, 6.07) is 8.19. The number of benzene rings is 1. The van der Waals surface area contributed by atoms with E-state index in [1.165, 1.54) is 5.56 Å². The molecule has 1 rings (SSSR count). The molecule has 102 valence electrons. The number of hydrogen-bond donors (Lipinski definition) is 0. The zero-order valence-corrected chi connectivity index (χ0v) is 11.5. The van der Waals surface area contributed by atoms with Crippen LogP contribution in [0.3, 0.4) is 0 Å². The van der Waals surface area contributed by atoms with Crippen LogP contribution < -0.4 is 4.74 Å². The Kier molecular flexibility index (Phi) is 8.26. The van der Waals surface area contributed by atoms with Crippen molar-refractivity contribution >= 4 is 0 Å². The molecule has 0 radical (unpaired) electrons. The smallest absolute Gasteiger partial charge is 0.119 e. The molecular formula is C15H24O3. The minimum Gasteiger partial charge on any atom is -0.491 e. The molecule has 3 nitrogen and oxygen atoms in total. The SMILES string of the molecule is CCCOCCOCCOc1ccc(CC)cc1. The van der Waals surface area contributed by atoms with E-state index in [9.17, 15) is 0 Å². The number of hydrogen-bond acceptors (Lipinski definition) is 3. The van der Waals surface area contributed by atoms with Crippen molar-refractivity contribution in [3.63, 3.8) is 0 Å². The van der Waals surface area contributed by atoms with Crippen LogP contribution in [-0.2, 0) is 15.9 Å². The van der Waals surface area contributed by atoms with Crippen LogP contribution in [-0.4, -0.2) is 33.0 Å². The topological polar surface area (TPSA) is 27.7 Å². The molecule has 0 aliphatic heterocycles. The molecule has 0 amide bonds. The predicted molar refractivity (Wildman–Crippen MR) is 73.2 cm³/mol. The second-order valence-corrected chi connectivity index (χ2v) is 4.07. The molecule has 1 aromatic carbocycles. The van der Waals surface area contributed by atoms with E-state index < -0.39 is 0 Å². The lowest BCUT2D eigenvalue weighted by Gasteiger charge is -2.08. The van der Waals surface area contributed by atoms with E-state index >= 15 is 0 Å². The summed E-state index contributed by atoms with van der Waals surface area (Å²) in [5, 5.41) is 0. The Morgan fingerprint density at radius 2 is 1.39 bits per heavy atom. The van der Waals surface area contributed by atoms with Crippen LogP contribution in [0.4, 0.5) is 0 Å². The van der Waals surface area contributed by atoms with Crippen LogP contribution in [0.25, 0.3) is 0 Å². The highest BCUT2D eigenvalue weighted by atomic mass is 16.5. The minimum atomic E-state index is 0.583. The van der Waals surface area contributed by atoms with E-state index in [1.54, 1.807) is 0 Å². The Labute approximate surface area is 110 Å². The monoisotopic (exact) mass is 252 g/mol. The Hall–Kier alpha value is -1.06. The van der Waals surface area contributed by atoms with Crippen LogP contribution in [0, 0.1) is 0 Å². The maximum atomic E-state index is 5.57. The fraction of sp³-hybridized carbons (Fsp3) is 0.600. The van der Waals surface area contributed by atoms with Gasteiger partial charge in [-0.25, -0.2) is 0 Å². The van der Waals surface area contributed by atoms with Crippen LogP contribution in [0.15, 0.2) is 24.3 Å². The Morgan fingerprint density at radius 1 is 0.778 bits per heavy atom. The highest BCUT2D eigenvalue weighted by molar-refractivity contribution is 5.27. The first-order chi connectivity index (χ1) is 8.86. The molecule has 0 saturated heterocycles. The summed E-state index contributed by atoms with van der Waals surface area (Å²) < 4.78 is 16.3. The van der Waals surface area contributed by atoms with Crippen molar-refractivity contribution in [2.24, 2.45) is 0 Å². The van der Waals surface area contributed by atoms with Crippen molar-refractivity contribution in [1.29, 1.82) is 0 Å². The Balaban J connectivity index is 2.00. The van der Waals surface area contributed by atoms with Gasteiger partial charge in [0.25, 0.3) is 0 Å². The largest absolute Gasteiger partial charge is 0.491 e. The van der Waals surface area contributed by atoms with Crippen LogP contribution in [0.1, 0.15) is 25.8 Å². The maximum Gasteiger partial charge on any atom is 0.119 e. The molecule has 0 bridgehead atoms. The van der Waals surface area contributed by atoms with Crippen LogP contribution >= 0.6 is 0 Å². The lowest BCUT2D eigenvalue weighted by atomic mass is 10.2. The molecule has 0 saturated carbocycles. The first-order valence-electron chi connectivity index (χ1n) is 6.74. The molecule has 0 aliphatic carbocycles. The van der Waals surface area contributed by atoms with Gasteiger partial charge in [0.15, 0.2) is 0 Å². The van der Waals surface area contributed by atoms with Crippen molar-refractivity contribution in [3.05, 3.63) is 29.8 Å². The van der Waals surface area contributed by atoms with Crippen molar-refractivity contribution < 1.29 is 14.2 Å². The van der Waals surface area contributed by atoms with E-state index in [2.05, 4.69) is 26.0 Å². The molecule has 1 aromatic rings. The molecule has 0 heterocycles. The molecule has 0 atom stereocenters. The third kappa shape index (κ3) is 6.62. The molecule has 0 aromatic heterocycles. The van der Waals surface area contributed by atoms with E-state index in [-0.39, 0.29) is 0 Å². The minimum absolute atomic E-state index is 0.583. The van der Waals surface area contributed by atoms with E-state index in [4.69, 9.17) is 14.2 Å². The summed E-state index contributed by atoms with van der Waals surface area (Å²) in [5.74, 6) is 0.901. The first-order valence-corrected chi connectivity index (χ1v) is 6.74. The highest BCUT2D eigenvalue weighted by Gasteiger charge is 1.94. The fourth-order valence-electron chi connectivity index (χ4n) is 1.51. The van der Waals surface area contributed by atoms with Gasteiger partial charge in [0, 0.05) is 6.61 Å². The van der Waals surface area contributed by atoms with Crippen LogP contribution in [0.2, 0.25) is 0 Å². The van der Waals surface area contributed by atoms with Crippen molar-refractivity contribution in [2.75, 3.05) is 33.0 Å². The third-order valence-electron chi connectivity index (χ3n) is 2.55. The maximum absolute atomic E-state index is 5.57. The molecule has 0 spiro atoms. The average Bonchev–Trinajstić information content (AvgIpc) is 2.42. The van der Waals surface area contributed by atoms with Crippen molar-refractivity contribution in [1.82, 2.24) is 0 Å². The van der Waals surface area contributed by atoms with Gasteiger partial charge in [-0.3, -0.25) is 0 Å². The van der Waals surface area contributed by atoms with Gasteiger partial charge in [0.05, 0.1) is 19.8 Å². The molecule has 0 aliphatic rings. The standard InChI is InChI=1S/C15H24O3/c1-3-9-16-10-11-17-12-13-18-15-7-5-14(4-2)6-8-15/h5-8H,3-4,9-13H2,1-2H3. The molecule has 18 heavy (non-hydrogen) atoms. The van der Waals surface area contributed by atoms with E-state index in [0.717, 1.165) is 25.2 Å². The fourth-order valence-corrected chi connectivity index (χ4v) is 1.51. The van der Waals surface area contributed by atoms with Crippen LogP contribution in [0.5, 0.6) is 5.75 Å². The van der Waals surface area contributed by atoms with Gasteiger partial charge < -0.3 is 14.2 Å². The summed E-state index contributed by atoms with van der Waals surface area (Å²) in [6.45, 7) is 7.54. The summed E-state index contributed by atoms with van der Waals surface area (Å²) in [5.41, 5.74) is 1.33. The van der Waals surface area contributed by atoms with E-state index in [0.29, 0.717) is 26.4 Å². The van der Waals surface area contributed by atoms with Gasteiger partial charge in [-0.05, 0) is 30.5 Å². The van der Waals surface area contributed by atoms with Gasteiger partial charge in [0.2, 0.25) is 0 Å². The van der Waals surface area contributed by atoms with Crippen molar-refractivity contribution in [2.45, 2.75) is 26.7 Å². The van der Waals surface area contributed by atoms with Gasteiger partial charge in [-0.1, -0.05) is 26.0 Å². The quantitative estimate of drug-likeness (QED) is 0.599. The number of rotatable bonds is 10. The normalized spacial score (nSPS) is 10.6. The number of aryl methyl sites for hydroxylation is 1. The summed E-state index contributed by atoms with van der Waals surface area (Å²) in [4.78, 5) is 0. The second kappa shape index (κ2) is 9.92. The van der Waals surface area contributed by atoms with Gasteiger partial charge in [-0.15, -0.1) is 0 Å². The highest BCUT2D eigenvalue weighted by Crippen LogP contribution is 2.12. The summed E-state index contributed by atoms with van der Waals surface area (Å²) in [7, 11) is 0. The molecule has 0 N–H and O–H groups in total. The zero-order valence-electron chi connectivity index (χ0n) is 11.5. The van der Waals surface area contributed by atoms with E-state index in [1.807, 2.05) is 12.1 Å². The molecular weight excluding hydrogens is 228 g/mol. The third-order valence-corrected chi connectivity index (χ3v) is 2.55. The number of ether oxygens (including phenoxy) is 3. The van der Waals surface area contributed by atoms with Gasteiger partial charge in [0.1, 0.15) is 12.4 Å². The lowest BCUT2D eigenvalue weighted by molar-refractivity contribution is 0.0366. The first kappa shape index (κ1) is 15.0. The lowest BCUT2D eigenvalue weighted by Crippen LogP contribution is -2.11.